The number of carbonyl (C=O) groups is 2. The van der Waals surface area contributed by atoms with Gasteiger partial charge in [0.15, 0.2) is 0 Å². The average molecular weight is 640 g/mol. The van der Waals surface area contributed by atoms with Crippen molar-refractivity contribution in [2.75, 3.05) is 10.8 Å². The fourth-order valence-electron chi connectivity index (χ4n) is 5.32. The van der Waals surface area contributed by atoms with Crippen LogP contribution < -0.4 is 9.62 Å². The molecule has 2 amide bonds. The summed E-state index contributed by atoms with van der Waals surface area (Å²) >= 11 is 0. The van der Waals surface area contributed by atoms with Gasteiger partial charge in [0.05, 0.1) is 10.6 Å². The number of hydrogen-bond donors (Lipinski definition) is 1. The number of aryl methyl sites for hydroxylation is 3. The van der Waals surface area contributed by atoms with Crippen LogP contribution in [0.15, 0.2) is 102 Å². The third-order valence-corrected chi connectivity index (χ3v) is 10.4. The van der Waals surface area contributed by atoms with E-state index in [0.29, 0.717) is 5.69 Å². The largest absolute Gasteiger partial charge is 0.352 e. The van der Waals surface area contributed by atoms with Crippen LogP contribution in [-0.2, 0) is 32.6 Å². The first kappa shape index (κ1) is 34.4. The summed E-state index contributed by atoms with van der Waals surface area (Å²) in [7, 11) is -4.16. The van der Waals surface area contributed by atoms with Gasteiger partial charge in [-0.2, -0.15) is 0 Å². The van der Waals surface area contributed by atoms with Crippen molar-refractivity contribution in [1.29, 1.82) is 0 Å². The minimum absolute atomic E-state index is 0.0904. The molecule has 0 aromatic heterocycles. The molecule has 2 atom stereocenters. The van der Waals surface area contributed by atoms with Crippen LogP contribution in [0.3, 0.4) is 0 Å². The molecule has 46 heavy (non-hydrogen) atoms. The monoisotopic (exact) mass is 639 g/mol. The molecular weight excluding hydrogens is 595 g/mol. The van der Waals surface area contributed by atoms with Crippen molar-refractivity contribution in [2.24, 2.45) is 0 Å². The Morgan fingerprint density at radius 2 is 1.41 bits per heavy atom. The number of nitrogens with one attached hydrogen (secondary N) is 1. The lowest BCUT2D eigenvalue weighted by Crippen LogP contribution is -2.54. The van der Waals surface area contributed by atoms with Gasteiger partial charge in [0.1, 0.15) is 12.6 Å². The molecule has 7 nitrogen and oxygen atoms in total. The maximum absolute atomic E-state index is 14.7. The van der Waals surface area contributed by atoms with E-state index < -0.39 is 28.5 Å². The molecule has 0 spiro atoms. The third-order valence-electron chi connectivity index (χ3n) is 8.61. The molecule has 0 saturated carbocycles. The normalized spacial score (nSPS) is 12.7. The van der Waals surface area contributed by atoms with Crippen molar-refractivity contribution in [3.05, 3.63) is 130 Å². The highest BCUT2D eigenvalue weighted by Gasteiger charge is 2.35. The summed E-state index contributed by atoms with van der Waals surface area (Å²) in [6.45, 7) is 11.2. The Kier molecular flexibility index (Phi) is 11.4. The molecule has 0 heterocycles. The van der Waals surface area contributed by atoms with Gasteiger partial charge < -0.3 is 10.2 Å². The number of rotatable bonds is 13. The number of amides is 2. The molecule has 8 heteroatoms. The average Bonchev–Trinajstić information content (AvgIpc) is 3.04. The Hall–Kier alpha value is -4.43. The number of hydrogen-bond acceptors (Lipinski definition) is 4. The zero-order valence-corrected chi connectivity index (χ0v) is 28.5. The first-order valence-corrected chi connectivity index (χ1v) is 17.2. The van der Waals surface area contributed by atoms with Crippen LogP contribution in [-0.4, -0.2) is 43.8 Å². The van der Waals surface area contributed by atoms with E-state index in [1.807, 2.05) is 102 Å². The molecule has 1 N–H and O–H groups in total. The van der Waals surface area contributed by atoms with E-state index in [2.05, 4.69) is 5.32 Å². The van der Waals surface area contributed by atoms with Gasteiger partial charge in [-0.25, -0.2) is 8.42 Å². The number of carbonyl (C=O) groups excluding carboxylic acids is 2. The molecule has 0 aliphatic heterocycles. The second-order valence-electron chi connectivity index (χ2n) is 12.0. The number of nitrogens with zero attached hydrogens (tertiary/aromatic N) is 2. The fraction of sp³-hybridized carbons (Fsp3) is 0.316. The van der Waals surface area contributed by atoms with Crippen LogP contribution in [0.1, 0.15) is 53.6 Å². The van der Waals surface area contributed by atoms with Crippen LogP contribution in [0.2, 0.25) is 0 Å². The minimum atomic E-state index is -4.16. The first-order valence-electron chi connectivity index (χ1n) is 15.8. The molecule has 0 saturated heterocycles. The smallest absolute Gasteiger partial charge is 0.264 e. The summed E-state index contributed by atoms with van der Waals surface area (Å²) in [6, 6.07) is 28.4. The molecule has 0 aliphatic rings. The summed E-state index contributed by atoms with van der Waals surface area (Å²) in [5.74, 6) is -0.750. The maximum Gasteiger partial charge on any atom is 0.264 e. The molecule has 242 valence electrons. The van der Waals surface area contributed by atoms with Crippen LogP contribution >= 0.6 is 0 Å². The van der Waals surface area contributed by atoms with Gasteiger partial charge >= 0.3 is 0 Å². The highest BCUT2D eigenvalue weighted by molar-refractivity contribution is 7.92. The van der Waals surface area contributed by atoms with Crippen LogP contribution in [0.5, 0.6) is 0 Å². The van der Waals surface area contributed by atoms with Crippen molar-refractivity contribution >= 4 is 27.5 Å². The molecule has 4 aromatic carbocycles. The summed E-state index contributed by atoms with van der Waals surface area (Å²) in [5, 5.41) is 3.08. The first-order chi connectivity index (χ1) is 21.9. The predicted octanol–water partition coefficient (Wildman–Crippen LogP) is 6.67. The van der Waals surface area contributed by atoms with Gasteiger partial charge in [0, 0.05) is 19.0 Å². The maximum atomic E-state index is 14.7. The second-order valence-corrected chi connectivity index (χ2v) is 13.9. The highest BCUT2D eigenvalue weighted by Crippen LogP contribution is 2.29. The van der Waals surface area contributed by atoms with Crippen molar-refractivity contribution < 1.29 is 18.0 Å². The molecule has 0 bridgehead atoms. The van der Waals surface area contributed by atoms with E-state index >= 15 is 0 Å². The van der Waals surface area contributed by atoms with Gasteiger partial charge in [0.2, 0.25) is 11.8 Å². The van der Waals surface area contributed by atoms with Crippen LogP contribution in [0.4, 0.5) is 5.69 Å². The topological polar surface area (TPSA) is 86.8 Å². The quantitative estimate of drug-likeness (QED) is 0.177. The Balaban J connectivity index is 1.85. The summed E-state index contributed by atoms with van der Waals surface area (Å²) in [4.78, 5) is 30.3. The highest BCUT2D eigenvalue weighted by atomic mass is 32.2. The van der Waals surface area contributed by atoms with Crippen molar-refractivity contribution in [3.8, 4) is 0 Å². The van der Waals surface area contributed by atoms with Gasteiger partial charge in [-0.1, -0.05) is 91.3 Å². The number of anilines is 1. The third kappa shape index (κ3) is 8.23. The Morgan fingerprint density at radius 1 is 0.783 bits per heavy atom. The fourth-order valence-corrected chi connectivity index (χ4v) is 6.79. The van der Waals surface area contributed by atoms with Crippen LogP contribution in [0, 0.1) is 27.7 Å². The van der Waals surface area contributed by atoms with Gasteiger partial charge in [-0.05, 0) is 87.1 Å². The number of sulfonamides is 1. The second kappa shape index (κ2) is 15.2. The molecule has 0 aliphatic carbocycles. The summed E-state index contributed by atoms with van der Waals surface area (Å²) in [5.41, 5.74) is 5.76. The summed E-state index contributed by atoms with van der Waals surface area (Å²) in [6.07, 6.45) is 1.000. The van der Waals surface area contributed by atoms with E-state index in [-0.39, 0.29) is 29.8 Å². The standard InChI is InChI=1S/C38H45N3O4S/c1-7-30(5)39-38(43)36(24-32-16-9-8-10-17-32)40(25-33-18-12-11-14-29(33)4)37(42)26-41(35-19-13-15-28(3)31(35)6)46(44,45)34-22-20-27(2)21-23-34/h8-23,30,36H,7,24-26H2,1-6H3,(H,39,43)/t30-,36+/m1/s1. The molecule has 4 aromatic rings. The van der Waals surface area contributed by atoms with E-state index in [9.17, 15) is 18.0 Å². The Morgan fingerprint density at radius 3 is 2.07 bits per heavy atom. The molecule has 0 fully saturated rings. The molecule has 4 rings (SSSR count). The Bertz CT molecular complexity index is 1750. The van der Waals surface area contributed by atoms with Gasteiger partial charge in [0.25, 0.3) is 10.0 Å². The number of benzene rings is 4. The molecule has 0 unspecified atom stereocenters. The van der Waals surface area contributed by atoms with E-state index in [0.717, 1.165) is 39.8 Å². The minimum Gasteiger partial charge on any atom is -0.352 e. The lowest BCUT2D eigenvalue weighted by atomic mass is 10.0. The molecule has 0 radical (unpaired) electrons. The van der Waals surface area contributed by atoms with Gasteiger partial charge in [-0.15, -0.1) is 0 Å². The molecular formula is C38H45N3O4S. The van der Waals surface area contributed by atoms with Crippen molar-refractivity contribution in [1.82, 2.24) is 10.2 Å². The van der Waals surface area contributed by atoms with E-state index in [1.165, 1.54) is 4.31 Å². The zero-order valence-electron chi connectivity index (χ0n) is 27.7. The lowest BCUT2D eigenvalue weighted by Gasteiger charge is -2.35. The van der Waals surface area contributed by atoms with E-state index in [1.54, 1.807) is 41.3 Å². The van der Waals surface area contributed by atoms with Crippen molar-refractivity contribution in [3.63, 3.8) is 0 Å². The SMILES string of the molecule is CC[C@@H](C)NC(=O)[C@H](Cc1ccccc1)N(Cc1ccccc1C)C(=O)CN(c1cccc(C)c1C)S(=O)(=O)c1ccc(C)cc1. The van der Waals surface area contributed by atoms with Gasteiger partial charge in [-0.3, -0.25) is 13.9 Å². The summed E-state index contributed by atoms with van der Waals surface area (Å²) < 4.78 is 29.9. The van der Waals surface area contributed by atoms with E-state index in [4.69, 9.17) is 0 Å². The Labute approximate surface area is 274 Å². The zero-order chi connectivity index (χ0) is 33.4. The lowest BCUT2D eigenvalue weighted by molar-refractivity contribution is -0.140. The van der Waals surface area contributed by atoms with Crippen molar-refractivity contribution in [2.45, 2.75) is 77.9 Å². The predicted molar refractivity (Wildman–Crippen MR) is 185 cm³/mol. The van der Waals surface area contributed by atoms with Crippen LogP contribution in [0.25, 0.3) is 0 Å².